The SMILES string of the molecule is CCCCCCn1c(COc2ccccc2F)nnc1SCC(=O)NCc1ccc(OC)cc1. The Morgan fingerprint density at radius 3 is 2.62 bits per heavy atom. The lowest BCUT2D eigenvalue weighted by molar-refractivity contribution is -0.118. The molecule has 0 saturated carbocycles. The molecule has 0 fully saturated rings. The number of para-hydroxylation sites is 1. The van der Waals surface area contributed by atoms with E-state index in [1.165, 1.54) is 17.8 Å². The second-order valence-corrected chi connectivity index (χ2v) is 8.69. The average molecular weight is 487 g/mol. The molecule has 3 rings (SSSR count). The first-order valence-electron chi connectivity index (χ1n) is 11.4. The number of rotatable bonds is 14. The number of unbranched alkanes of at least 4 members (excludes halogenated alkanes) is 3. The molecule has 9 heteroatoms. The zero-order chi connectivity index (χ0) is 24.2. The number of thioether (sulfide) groups is 1. The van der Waals surface area contributed by atoms with Crippen LogP contribution in [0, 0.1) is 5.82 Å². The summed E-state index contributed by atoms with van der Waals surface area (Å²) in [5.41, 5.74) is 0.992. The van der Waals surface area contributed by atoms with Crippen molar-refractivity contribution >= 4 is 17.7 Å². The van der Waals surface area contributed by atoms with E-state index in [0.717, 1.165) is 43.5 Å². The second-order valence-electron chi connectivity index (χ2n) is 7.74. The van der Waals surface area contributed by atoms with Gasteiger partial charge >= 0.3 is 0 Å². The highest BCUT2D eigenvalue weighted by Crippen LogP contribution is 2.21. The van der Waals surface area contributed by atoms with Gasteiger partial charge in [0.2, 0.25) is 5.91 Å². The van der Waals surface area contributed by atoms with Crippen LogP contribution in [0.15, 0.2) is 53.7 Å². The lowest BCUT2D eigenvalue weighted by atomic mass is 10.2. The van der Waals surface area contributed by atoms with Gasteiger partial charge in [0.25, 0.3) is 0 Å². The minimum Gasteiger partial charge on any atom is -0.497 e. The Kier molecular flexibility index (Phi) is 10.2. The van der Waals surface area contributed by atoms with Crippen molar-refractivity contribution in [3.05, 3.63) is 65.7 Å². The van der Waals surface area contributed by atoms with Crippen molar-refractivity contribution in [2.24, 2.45) is 0 Å². The van der Waals surface area contributed by atoms with Crippen molar-refractivity contribution in [2.75, 3.05) is 12.9 Å². The number of hydrogen-bond acceptors (Lipinski definition) is 6. The Hall–Kier alpha value is -3.07. The van der Waals surface area contributed by atoms with Gasteiger partial charge in [0.15, 0.2) is 22.5 Å². The van der Waals surface area contributed by atoms with Crippen LogP contribution in [-0.2, 0) is 24.5 Å². The molecule has 0 aliphatic heterocycles. The molecule has 0 unspecified atom stereocenters. The predicted octanol–water partition coefficient (Wildman–Crippen LogP) is 4.99. The van der Waals surface area contributed by atoms with E-state index in [-0.39, 0.29) is 24.0 Å². The molecule has 3 aromatic rings. The largest absolute Gasteiger partial charge is 0.497 e. The smallest absolute Gasteiger partial charge is 0.230 e. The lowest BCUT2D eigenvalue weighted by Crippen LogP contribution is -2.24. The monoisotopic (exact) mass is 486 g/mol. The van der Waals surface area contributed by atoms with Gasteiger partial charge in [-0.3, -0.25) is 4.79 Å². The topological polar surface area (TPSA) is 78.3 Å². The van der Waals surface area contributed by atoms with Gasteiger partial charge in [0.05, 0.1) is 12.9 Å². The van der Waals surface area contributed by atoms with Gasteiger partial charge in [0.1, 0.15) is 12.4 Å². The van der Waals surface area contributed by atoms with Gasteiger partial charge < -0.3 is 19.4 Å². The van der Waals surface area contributed by atoms with Gasteiger partial charge in [-0.05, 0) is 36.2 Å². The standard InChI is InChI=1S/C25H31FN4O3S/c1-3-4-5-8-15-30-23(17-33-22-10-7-6-9-21(22)26)28-29-25(30)34-18-24(31)27-16-19-11-13-20(32-2)14-12-19/h6-7,9-14H,3-5,8,15-18H2,1-2H3,(H,27,31). The fraction of sp³-hybridized carbons (Fsp3) is 0.400. The summed E-state index contributed by atoms with van der Waals surface area (Å²) in [6.07, 6.45) is 4.35. The number of methoxy groups -OCH3 is 1. The first-order chi connectivity index (χ1) is 16.6. The fourth-order valence-electron chi connectivity index (χ4n) is 3.28. The van der Waals surface area contributed by atoms with E-state index in [4.69, 9.17) is 9.47 Å². The van der Waals surface area contributed by atoms with Crippen molar-refractivity contribution in [3.8, 4) is 11.5 Å². The molecule has 182 valence electrons. The molecule has 0 bridgehead atoms. The molecule has 1 heterocycles. The molecule has 0 aliphatic rings. The van der Waals surface area contributed by atoms with Crippen molar-refractivity contribution < 1.29 is 18.7 Å². The van der Waals surface area contributed by atoms with Crippen LogP contribution < -0.4 is 14.8 Å². The maximum absolute atomic E-state index is 13.9. The predicted molar refractivity (Wildman–Crippen MR) is 130 cm³/mol. The first-order valence-corrected chi connectivity index (χ1v) is 12.4. The van der Waals surface area contributed by atoms with Gasteiger partial charge in [-0.15, -0.1) is 10.2 Å². The number of halogens is 1. The van der Waals surface area contributed by atoms with E-state index >= 15 is 0 Å². The third-order valence-electron chi connectivity index (χ3n) is 5.20. The first kappa shape index (κ1) is 25.6. The Balaban J connectivity index is 1.57. The minimum atomic E-state index is -0.417. The Morgan fingerprint density at radius 2 is 1.88 bits per heavy atom. The number of amides is 1. The van der Waals surface area contributed by atoms with Gasteiger partial charge in [-0.25, -0.2) is 4.39 Å². The summed E-state index contributed by atoms with van der Waals surface area (Å²) >= 11 is 1.33. The van der Waals surface area contributed by atoms with E-state index in [1.54, 1.807) is 25.3 Å². The highest BCUT2D eigenvalue weighted by Gasteiger charge is 2.15. The van der Waals surface area contributed by atoms with E-state index in [2.05, 4.69) is 22.4 Å². The summed E-state index contributed by atoms with van der Waals surface area (Å²) < 4.78 is 26.7. The third kappa shape index (κ3) is 7.76. The van der Waals surface area contributed by atoms with Crippen molar-refractivity contribution in [1.82, 2.24) is 20.1 Å². The van der Waals surface area contributed by atoms with E-state index in [9.17, 15) is 9.18 Å². The van der Waals surface area contributed by atoms with Crippen LogP contribution in [-0.4, -0.2) is 33.5 Å². The van der Waals surface area contributed by atoms with Crippen molar-refractivity contribution in [3.63, 3.8) is 0 Å². The molecule has 1 aromatic heterocycles. The highest BCUT2D eigenvalue weighted by molar-refractivity contribution is 7.99. The number of carbonyl (C=O) groups is 1. The molecule has 0 aliphatic carbocycles. The van der Waals surface area contributed by atoms with Crippen LogP contribution in [0.3, 0.4) is 0 Å². The van der Waals surface area contributed by atoms with Crippen LogP contribution >= 0.6 is 11.8 Å². The minimum absolute atomic E-state index is 0.0921. The molecular weight excluding hydrogens is 455 g/mol. The number of ether oxygens (including phenoxy) is 2. The van der Waals surface area contributed by atoms with Crippen LogP contribution in [0.1, 0.15) is 44.0 Å². The number of nitrogens with zero attached hydrogens (tertiary/aromatic N) is 3. The molecular formula is C25H31FN4O3S. The number of benzene rings is 2. The molecule has 0 radical (unpaired) electrons. The Labute approximate surface area is 204 Å². The van der Waals surface area contributed by atoms with Gasteiger partial charge in [-0.2, -0.15) is 0 Å². The number of nitrogens with one attached hydrogen (secondary N) is 1. The number of hydrogen-bond donors (Lipinski definition) is 1. The summed E-state index contributed by atoms with van der Waals surface area (Å²) in [6.45, 7) is 3.43. The number of carbonyl (C=O) groups excluding carboxylic acids is 1. The van der Waals surface area contributed by atoms with Gasteiger partial charge in [-0.1, -0.05) is 62.2 Å². The summed E-state index contributed by atoms with van der Waals surface area (Å²) in [4.78, 5) is 12.4. The average Bonchev–Trinajstić information content (AvgIpc) is 3.25. The molecule has 0 atom stereocenters. The molecule has 1 amide bonds. The van der Waals surface area contributed by atoms with Crippen LogP contribution in [0.5, 0.6) is 11.5 Å². The summed E-state index contributed by atoms with van der Waals surface area (Å²) in [7, 11) is 1.62. The number of aromatic nitrogens is 3. The fourth-order valence-corrected chi connectivity index (χ4v) is 4.10. The zero-order valence-electron chi connectivity index (χ0n) is 19.6. The molecule has 34 heavy (non-hydrogen) atoms. The molecule has 1 N–H and O–H groups in total. The summed E-state index contributed by atoms with van der Waals surface area (Å²) in [5, 5.41) is 12.1. The molecule has 0 spiro atoms. The van der Waals surface area contributed by atoms with E-state index < -0.39 is 5.82 Å². The second kappa shape index (κ2) is 13.6. The van der Waals surface area contributed by atoms with E-state index in [1.807, 2.05) is 28.8 Å². The maximum atomic E-state index is 13.9. The van der Waals surface area contributed by atoms with E-state index in [0.29, 0.717) is 17.5 Å². The van der Waals surface area contributed by atoms with Crippen molar-refractivity contribution in [1.29, 1.82) is 0 Å². The summed E-state index contributed by atoms with van der Waals surface area (Å²) in [6, 6.07) is 13.8. The highest BCUT2D eigenvalue weighted by atomic mass is 32.2. The van der Waals surface area contributed by atoms with Gasteiger partial charge in [0, 0.05) is 13.1 Å². The third-order valence-corrected chi connectivity index (χ3v) is 6.17. The normalized spacial score (nSPS) is 10.8. The summed E-state index contributed by atoms with van der Waals surface area (Å²) in [5.74, 6) is 1.28. The van der Waals surface area contributed by atoms with Crippen LogP contribution in [0.2, 0.25) is 0 Å². The quantitative estimate of drug-likeness (QED) is 0.255. The van der Waals surface area contributed by atoms with Crippen LogP contribution in [0.25, 0.3) is 0 Å². The lowest BCUT2D eigenvalue weighted by Gasteiger charge is -2.11. The Morgan fingerprint density at radius 1 is 1.09 bits per heavy atom. The van der Waals surface area contributed by atoms with Crippen LogP contribution in [0.4, 0.5) is 4.39 Å². The zero-order valence-corrected chi connectivity index (χ0v) is 20.4. The molecule has 0 saturated heterocycles. The maximum Gasteiger partial charge on any atom is 0.230 e. The molecule has 2 aromatic carbocycles. The Bertz CT molecular complexity index is 1040. The molecule has 7 nitrogen and oxygen atoms in total. The van der Waals surface area contributed by atoms with Crippen molar-refractivity contribution in [2.45, 2.75) is 57.5 Å².